The molecular weight excluding hydrogens is 290 g/mol. The minimum atomic E-state index is -4.53. The summed E-state index contributed by atoms with van der Waals surface area (Å²) in [6.07, 6.45) is -3.62. The largest absolute Gasteiger partial charge is 0.481 e. The van der Waals surface area contributed by atoms with Gasteiger partial charge in [0.2, 0.25) is 5.88 Å². The zero-order chi connectivity index (χ0) is 15.6. The van der Waals surface area contributed by atoms with Crippen molar-refractivity contribution in [2.24, 2.45) is 0 Å². The lowest BCUT2D eigenvalue weighted by atomic mass is 9.98. The maximum absolute atomic E-state index is 13.8. The van der Waals surface area contributed by atoms with Crippen molar-refractivity contribution in [3.8, 4) is 17.0 Å². The molecule has 0 aliphatic rings. The van der Waals surface area contributed by atoms with E-state index in [0.717, 1.165) is 24.4 Å². The molecule has 21 heavy (non-hydrogen) atoms. The Hall–Kier alpha value is -2.15. The number of benzene rings is 1. The lowest BCUT2D eigenvalue weighted by Crippen LogP contribution is -2.06. The highest BCUT2D eigenvalue weighted by atomic mass is 19.4. The maximum Gasteiger partial charge on any atom is 0.416 e. The number of hydrogen-bond acceptors (Lipinski definition) is 3. The first kappa shape index (κ1) is 15.2. The number of aliphatic hydroxyl groups excluding tert-OH is 1. The summed E-state index contributed by atoms with van der Waals surface area (Å²) in [6, 6.07) is 4.01. The molecule has 7 heteroatoms. The molecule has 3 nitrogen and oxygen atoms in total. The molecule has 0 saturated carbocycles. The van der Waals surface area contributed by atoms with Crippen LogP contribution in [-0.2, 0) is 12.8 Å². The third-order valence-electron chi connectivity index (χ3n) is 2.93. The first-order valence-corrected chi connectivity index (χ1v) is 5.87. The monoisotopic (exact) mass is 301 g/mol. The molecule has 1 aromatic heterocycles. The van der Waals surface area contributed by atoms with Gasteiger partial charge in [0, 0.05) is 11.6 Å². The number of nitrogens with zero attached hydrogens (tertiary/aromatic N) is 1. The first-order valence-electron chi connectivity index (χ1n) is 5.87. The number of halogens is 4. The number of hydrogen-bond donors (Lipinski definition) is 1. The Morgan fingerprint density at radius 3 is 2.48 bits per heavy atom. The molecule has 0 radical (unpaired) electrons. The van der Waals surface area contributed by atoms with E-state index in [0.29, 0.717) is 0 Å². The Kier molecular flexibility index (Phi) is 4.13. The first-order chi connectivity index (χ1) is 9.86. The van der Waals surface area contributed by atoms with Gasteiger partial charge in [-0.15, -0.1) is 0 Å². The van der Waals surface area contributed by atoms with Crippen molar-refractivity contribution in [1.29, 1.82) is 0 Å². The van der Waals surface area contributed by atoms with Gasteiger partial charge in [0.1, 0.15) is 5.82 Å². The van der Waals surface area contributed by atoms with Crippen LogP contribution in [0.5, 0.6) is 5.88 Å². The van der Waals surface area contributed by atoms with Crippen molar-refractivity contribution in [2.45, 2.75) is 12.8 Å². The molecule has 112 valence electrons. The molecule has 2 aromatic rings. The molecule has 0 amide bonds. The maximum atomic E-state index is 13.8. The van der Waals surface area contributed by atoms with Gasteiger partial charge in [-0.05, 0) is 23.3 Å². The molecule has 0 bridgehead atoms. The van der Waals surface area contributed by atoms with Crippen LogP contribution in [0.4, 0.5) is 17.6 Å². The van der Waals surface area contributed by atoms with Gasteiger partial charge in [-0.1, -0.05) is 6.07 Å². The number of alkyl halides is 3. The Balaban J connectivity index is 2.59. The van der Waals surface area contributed by atoms with Gasteiger partial charge in [0.05, 0.1) is 25.5 Å². The Morgan fingerprint density at radius 2 is 1.90 bits per heavy atom. The second-order valence-corrected chi connectivity index (χ2v) is 4.23. The van der Waals surface area contributed by atoms with Crippen LogP contribution in [0.15, 0.2) is 30.5 Å². The second-order valence-electron chi connectivity index (χ2n) is 4.23. The van der Waals surface area contributed by atoms with E-state index in [2.05, 4.69) is 4.98 Å². The third-order valence-corrected chi connectivity index (χ3v) is 2.93. The summed E-state index contributed by atoms with van der Waals surface area (Å²) in [5, 5.41) is 9.25. The zero-order valence-electron chi connectivity index (χ0n) is 10.9. The van der Waals surface area contributed by atoms with Crippen molar-refractivity contribution < 1.29 is 27.4 Å². The molecule has 0 spiro atoms. The predicted molar refractivity (Wildman–Crippen MR) is 67.1 cm³/mol. The highest BCUT2D eigenvalue weighted by Crippen LogP contribution is 2.34. The molecule has 1 N–H and O–H groups in total. The van der Waals surface area contributed by atoms with E-state index < -0.39 is 24.2 Å². The fourth-order valence-corrected chi connectivity index (χ4v) is 1.90. The standard InChI is InChI=1S/C14H11F4NO2/c1-21-13-5-11(12(15)6-19-13)10-3-2-9(14(16,17)18)4-8(10)7-20/h2-6,20H,7H2,1H3. The molecule has 0 atom stereocenters. The molecule has 2 rings (SSSR count). The number of aliphatic hydroxyl groups is 1. The van der Waals surface area contributed by atoms with Gasteiger partial charge >= 0.3 is 6.18 Å². The summed E-state index contributed by atoms with van der Waals surface area (Å²) in [5.41, 5.74) is -0.767. The fraction of sp³-hybridized carbons (Fsp3) is 0.214. The Labute approximate surface area is 117 Å². The topological polar surface area (TPSA) is 42.4 Å². The summed E-state index contributed by atoms with van der Waals surface area (Å²) in [7, 11) is 1.34. The van der Waals surface area contributed by atoms with Gasteiger partial charge in [-0.25, -0.2) is 9.37 Å². The van der Waals surface area contributed by atoms with E-state index in [9.17, 15) is 22.7 Å². The SMILES string of the molecule is COc1cc(-c2ccc(C(F)(F)F)cc2CO)c(F)cn1. The van der Waals surface area contributed by atoms with Gasteiger partial charge < -0.3 is 9.84 Å². The van der Waals surface area contributed by atoms with Crippen LogP contribution < -0.4 is 4.74 Å². The highest BCUT2D eigenvalue weighted by Gasteiger charge is 2.31. The minimum absolute atomic E-state index is 0.0135. The lowest BCUT2D eigenvalue weighted by molar-refractivity contribution is -0.137. The Bertz CT molecular complexity index is 656. The molecule has 1 aromatic carbocycles. The van der Waals surface area contributed by atoms with Gasteiger partial charge in [-0.3, -0.25) is 0 Å². The molecule has 0 saturated heterocycles. The lowest BCUT2D eigenvalue weighted by Gasteiger charge is -2.13. The van der Waals surface area contributed by atoms with Crippen molar-refractivity contribution >= 4 is 0 Å². The molecule has 0 unspecified atom stereocenters. The fourth-order valence-electron chi connectivity index (χ4n) is 1.90. The van der Waals surface area contributed by atoms with Crippen LogP contribution in [0, 0.1) is 5.82 Å². The summed E-state index contributed by atoms with van der Waals surface area (Å²) < 4.78 is 56.6. The molecule has 0 aliphatic heterocycles. The van der Waals surface area contributed by atoms with Crippen molar-refractivity contribution in [2.75, 3.05) is 7.11 Å². The smallest absolute Gasteiger partial charge is 0.416 e. The van der Waals surface area contributed by atoms with E-state index in [-0.39, 0.29) is 22.6 Å². The van der Waals surface area contributed by atoms with Crippen molar-refractivity contribution in [3.05, 3.63) is 47.4 Å². The van der Waals surface area contributed by atoms with E-state index in [4.69, 9.17) is 4.74 Å². The van der Waals surface area contributed by atoms with E-state index in [1.54, 1.807) is 0 Å². The van der Waals surface area contributed by atoms with Gasteiger partial charge in [-0.2, -0.15) is 13.2 Å². The van der Waals surface area contributed by atoms with Crippen LogP contribution in [0.25, 0.3) is 11.1 Å². The van der Waals surface area contributed by atoms with Crippen LogP contribution in [0.3, 0.4) is 0 Å². The average molecular weight is 301 g/mol. The zero-order valence-corrected chi connectivity index (χ0v) is 10.9. The van der Waals surface area contributed by atoms with Crippen molar-refractivity contribution in [3.63, 3.8) is 0 Å². The van der Waals surface area contributed by atoms with Gasteiger partial charge in [0.15, 0.2) is 0 Å². The van der Waals surface area contributed by atoms with Gasteiger partial charge in [0.25, 0.3) is 0 Å². The Morgan fingerprint density at radius 1 is 1.19 bits per heavy atom. The number of rotatable bonds is 3. The predicted octanol–water partition coefficient (Wildman–Crippen LogP) is 3.41. The van der Waals surface area contributed by atoms with E-state index in [1.165, 1.54) is 13.2 Å². The molecule has 0 aliphatic carbocycles. The number of pyridine rings is 1. The molecule has 1 heterocycles. The average Bonchev–Trinajstić information content (AvgIpc) is 2.46. The van der Waals surface area contributed by atoms with E-state index >= 15 is 0 Å². The molecule has 0 fully saturated rings. The normalized spacial score (nSPS) is 11.5. The quantitative estimate of drug-likeness (QED) is 0.883. The minimum Gasteiger partial charge on any atom is -0.481 e. The van der Waals surface area contributed by atoms with Crippen LogP contribution in [0.1, 0.15) is 11.1 Å². The number of aromatic nitrogens is 1. The molecular formula is C14H11F4NO2. The number of methoxy groups -OCH3 is 1. The van der Waals surface area contributed by atoms with E-state index in [1.807, 2.05) is 0 Å². The van der Waals surface area contributed by atoms with Crippen LogP contribution in [-0.4, -0.2) is 17.2 Å². The number of ether oxygens (including phenoxy) is 1. The highest BCUT2D eigenvalue weighted by molar-refractivity contribution is 5.69. The summed E-state index contributed by atoms with van der Waals surface area (Å²) in [5.74, 6) is -0.597. The second kappa shape index (κ2) is 5.69. The summed E-state index contributed by atoms with van der Waals surface area (Å²) in [6.45, 7) is -0.649. The van der Waals surface area contributed by atoms with Crippen LogP contribution >= 0.6 is 0 Å². The summed E-state index contributed by atoms with van der Waals surface area (Å²) in [4.78, 5) is 3.66. The van der Waals surface area contributed by atoms with Crippen molar-refractivity contribution in [1.82, 2.24) is 4.98 Å². The summed E-state index contributed by atoms with van der Waals surface area (Å²) >= 11 is 0. The third kappa shape index (κ3) is 3.13. The van der Waals surface area contributed by atoms with Crippen LogP contribution in [0.2, 0.25) is 0 Å².